The predicted molar refractivity (Wildman–Crippen MR) is 217 cm³/mol. The molecule has 0 radical (unpaired) electrons. The highest BCUT2D eigenvalue weighted by atomic mass is 35.5. The minimum atomic E-state index is -0.932. The summed E-state index contributed by atoms with van der Waals surface area (Å²) in [5.74, 6) is 0. The van der Waals surface area contributed by atoms with E-state index < -0.39 is 6.09 Å². The highest BCUT2D eigenvalue weighted by Crippen LogP contribution is 2.35. The Hall–Kier alpha value is -4.61. The summed E-state index contributed by atoms with van der Waals surface area (Å²) in [7, 11) is 0. The molecule has 2 aromatic carbocycles. The Labute approximate surface area is 335 Å². The number of nitrogens with one attached hydrogen (secondary N) is 5. The minimum Gasteiger partial charge on any atom is -0.465 e. The number of likely N-dealkylation sites (tertiary alicyclic amines) is 1. The van der Waals surface area contributed by atoms with Crippen LogP contribution in [0.4, 0.5) is 4.79 Å². The normalized spacial score (nSPS) is 17.7. The van der Waals surface area contributed by atoms with Crippen LogP contribution < -0.4 is 16.4 Å². The van der Waals surface area contributed by atoms with E-state index in [0.29, 0.717) is 51.8 Å². The van der Waals surface area contributed by atoms with E-state index in [4.69, 9.17) is 47.6 Å². The molecular formula is C37H40Cl2N10O4S2. The number of carboxylic acid groups (broad SMARTS) is 1. The average molecular weight is 824 g/mol. The standard InChI is InChI=1S/C19H20ClN5O3S.C18H20ClN5OS/c20-12-6-5-11(9-25-16-15(21-10-22-16)17(26)23-18(25)29)13(8-12)14-4-2-1-3-7-24(14)19(27)28;19-12-6-5-11(13(8-12)14-4-2-1-3-7-20-14)9-24-16-15(21-10-22-16)17(25)23-18(24)26/h5-6,8,10,14H,1-4,7,9H2,(H,21,22)(H,27,28)(H,23,26,29);5-6,8,10,14,20H,1-4,7,9H2,(H,21,22)(H,23,25,26)/t2*14-/m11/s1. The summed E-state index contributed by atoms with van der Waals surface area (Å²) in [6, 6.07) is 11.5. The Bertz CT molecular complexity index is 2590. The number of aromatic amines is 4. The fourth-order valence-corrected chi connectivity index (χ4v) is 8.46. The van der Waals surface area contributed by atoms with Crippen molar-refractivity contribution < 1.29 is 9.90 Å². The molecule has 8 rings (SSSR count). The summed E-state index contributed by atoms with van der Waals surface area (Å²) in [5.41, 5.74) is 5.29. The molecule has 6 N–H and O–H groups in total. The quantitative estimate of drug-likeness (QED) is 0.0914. The maximum Gasteiger partial charge on any atom is 0.407 e. The van der Waals surface area contributed by atoms with Crippen LogP contribution in [-0.4, -0.2) is 68.2 Å². The average Bonchev–Trinajstić information content (AvgIpc) is 3.70. The van der Waals surface area contributed by atoms with E-state index in [9.17, 15) is 19.5 Å². The smallest absolute Gasteiger partial charge is 0.407 e. The van der Waals surface area contributed by atoms with Crippen LogP contribution in [0.5, 0.6) is 0 Å². The lowest BCUT2D eigenvalue weighted by molar-refractivity contribution is 0.125. The van der Waals surface area contributed by atoms with Gasteiger partial charge in [0, 0.05) is 22.6 Å². The monoisotopic (exact) mass is 822 g/mol. The summed E-state index contributed by atoms with van der Waals surface area (Å²) < 4.78 is 4.21. The van der Waals surface area contributed by atoms with E-state index in [1.54, 1.807) is 10.6 Å². The molecule has 55 heavy (non-hydrogen) atoms. The Morgan fingerprint density at radius 1 is 0.764 bits per heavy atom. The van der Waals surface area contributed by atoms with Gasteiger partial charge in [0.15, 0.2) is 20.8 Å². The number of fused-ring (bicyclic) bond motifs is 2. The number of nitrogens with zero attached hydrogens (tertiary/aromatic N) is 5. The third-order valence-electron chi connectivity index (χ3n) is 10.3. The van der Waals surface area contributed by atoms with Gasteiger partial charge in [-0.2, -0.15) is 0 Å². The number of rotatable bonds is 6. The van der Waals surface area contributed by atoms with Crippen LogP contribution in [0.25, 0.3) is 22.3 Å². The number of imidazole rings is 2. The maximum absolute atomic E-state index is 12.1. The van der Waals surface area contributed by atoms with Crippen molar-refractivity contribution in [3.63, 3.8) is 0 Å². The highest BCUT2D eigenvalue weighted by molar-refractivity contribution is 7.71. The zero-order valence-corrected chi connectivity index (χ0v) is 32.9. The van der Waals surface area contributed by atoms with Gasteiger partial charge in [-0.25, -0.2) is 14.8 Å². The van der Waals surface area contributed by atoms with Crippen molar-refractivity contribution in [3.8, 4) is 0 Å². The summed E-state index contributed by atoms with van der Waals surface area (Å²) in [5, 5.41) is 14.7. The minimum absolute atomic E-state index is 0.250. The molecule has 0 saturated carbocycles. The molecule has 14 nitrogen and oxygen atoms in total. The van der Waals surface area contributed by atoms with Crippen molar-refractivity contribution in [1.29, 1.82) is 0 Å². The molecule has 1 amide bonds. The van der Waals surface area contributed by atoms with Crippen molar-refractivity contribution in [3.05, 3.63) is 112 Å². The number of carbonyl (C=O) groups is 1. The largest absolute Gasteiger partial charge is 0.465 e. The predicted octanol–water partition coefficient (Wildman–Crippen LogP) is 7.77. The van der Waals surface area contributed by atoms with Crippen LogP contribution in [0.1, 0.15) is 85.7 Å². The maximum atomic E-state index is 12.1. The lowest BCUT2D eigenvalue weighted by atomic mass is 9.95. The molecule has 6 heterocycles. The molecule has 2 saturated heterocycles. The van der Waals surface area contributed by atoms with Gasteiger partial charge in [0.25, 0.3) is 11.1 Å². The van der Waals surface area contributed by atoms with Crippen molar-refractivity contribution >= 4 is 76.1 Å². The first kappa shape index (κ1) is 38.7. The first-order chi connectivity index (χ1) is 26.6. The molecule has 0 spiro atoms. The van der Waals surface area contributed by atoms with E-state index in [2.05, 4.69) is 35.2 Å². The van der Waals surface area contributed by atoms with Gasteiger partial charge < -0.3 is 25.3 Å². The first-order valence-electron chi connectivity index (χ1n) is 18.2. The van der Waals surface area contributed by atoms with E-state index in [1.807, 2.05) is 34.9 Å². The van der Waals surface area contributed by atoms with Gasteiger partial charge in [-0.15, -0.1) is 0 Å². The van der Waals surface area contributed by atoms with Crippen LogP contribution in [0.15, 0.2) is 58.6 Å². The van der Waals surface area contributed by atoms with E-state index in [-0.39, 0.29) is 28.0 Å². The van der Waals surface area contributed by atoms with Gasteiger partial charge in [-0.1, -0.05) is 61.0 Å². The van der Waals surface area contributed by atoms with Gasteiger partial charge in [-0.3, -0.25) is 28.7 Å². The molecule has 18 heteroatoms. The number of benzene rings is 2. The number of halogens is 2. The number of hydrogen-bond acceptors (Lipinski definition) is 8. The molecule has 6 aromatic rings. The highest BCUT2D eigenvalue weighted by Gasteiger charge is 2.29. The van der Waals surface area contributed by atoms with E-state index >= 15 is 0 Å². The number of aromatic nitrogens is 8. The SMILES string of the molecule is O=C(O)N1CCCCC[C@@H]1c1cc(Cl)ccc1Cn1c(=S)[nH]c(=O)c2[nH]cnc21.O=c1[nH]c(=S)n(Cc2ccc(Cl)cc2[C@H]2CCCCCN2)c2nc[nH]c12. The van der Waals surface area contributed by atoms with Crippen LogP contribution in [-0.2, 0) is 13.1 Å². The lowest BCUT2D eigenvalue weighted by Gasteiger charge is -2.29. The molecule has 0 bridgehead atoms. The number of H-pyrrole nitrogens is 4. The third kappa shape index (κ3) is 8.48. The molecular weight excluding hydrogens is 784 g/mol. The molecule has 0 unspecified atom stereocenters. The van der Waals surface area contributed by atoms with Crippen molar-refractivity contribution in [2.24, 2.45) is 0 Å². The second-order valence-corrected chi connectivity index (χ2v) is 15.4. The molecule has 0 aliphatic carbocycles. The van der Waals surface area contributed by atoms with Crippen LogP contribution in [0, 0.1) is 9.54 Å². The van der Waals surface area contributed by atoms with E-state index in [1.165, 1.54) is 42.4 Å². The fraction of sp³-hybridized carbons (Fsp3) is 0.378. The van der Waals surface area contributed by atoms with Crippen LogP contribution in [0.2, 0.25) is 10.0 Å². The van der Waals surface area contributed by atoms with Crippen molar-refractivity contribution in [1.82, 2.24) is 49.3 Å². The lowest BCUT2D eigenvalue weighted by Crippen LogP contribution is -2.34. The van der Waals surface area contributed by atoms with Crippen LogP contribution in [0.3, 0.4) is 0 Å². The molecule has 2 aliphatic rings. The van der Waals surface area contributed by atoms with Gasteiger partial charge in [-0.05, 0) is 103 Å². The summed E-state index contributed by atoms with van der Waals surface area (Å²) >= 11 is 23.3. The molecule has 288 valence electrons. The van der Waals surface area contributed by atoms with E-state index in [0.717, 1.165) is 60.4 Å². The zero-order chi connectivity index (χ0) is 38.6. The Kier molecular flexibility index (Phi) is 12.0. The summed E-state index contributed by atoms with van der Waals surface area (Å²) in [6.07, 6.45) is 10.3. The second-order valence-electron chi connectivity index (χ2n) is 13.8. The van der Waals surface area contributed by atoms with Crippen molar-refractivity contribution in [2.45, 2.75) is 76.5 Å². The van der Waals surface area contributed by atoms with Gasteiger partial charge in [0.2, 0.25) is 0 Å². The molecule has 2 atom stereocenters. The zero-order valence-electron chi connectivity index (χ0n) is 29.7. The molecule has 2 fully saturated rings. The van der Waals surface area contributed by atoms with Crippen molar-refractivity contribution in [2.75, 3.05) is 13.1 Å². The van der Waals surface area contributed by atoms with Gasteiger partial charge >= 0.3 is 6.09 Å². The third-order valence-corrected chi connectivity index (χ3v) is 11.4. The topological polar surface area (TPSA) is 186 Å². The number of hydrogen-bond donors (Lipinski definition) is 6. The summed E-state index contributed by atoms with van der Waals surface area (Å²) in [4.78, 5) is 57.1. The van der Waals surface area contributed by atoms with Gasteiger partial charge in [0.05, 0.1) is 31.8 Å². The summed E-state index contributed by atoms with van der Waals surface area (Å²) in [6.45, 7) is 2.38. The fourth-order valence-electron chi connectivity index (χ4n) is 7.61. The molecule has 4 aromatic heterocycles. The second kappa shape index (κ2) is 17.0. The number of amides is 1. The van der Waals surface area contributed by atoms with Gasteiger partial charge in [0.1, 0.15) is 11.0 Å². The Morgan fingerprint density at radius 2 is 1.31 bits per heavy atom. The first-order valence-corrected chi connectivity index (χ1v) is 19.8. The Morgan fingerprint density at radius 3 is 1.91 bits per heavy atom. The van der Waals surface area contributed by atoms with Crippen LogP contribution >= 0.6 is 47.6 Å². The Balaban J connectivity index is 0.000000170. The molecule has 2 aliphatic heterocycles.